The van der Waals surface area contributed by atoms with Crippen LogP contribution in [0.25, 0.3) is 6.08 Å². The average molecular weight is 298 g/mol. The summed E-state index contributed by atoms with van der Waals surface area (Å²) >= 11 is 0. The number of rotatable bonds is 2. The van der Waals surface area contributed by atoms with Gasteiger partial charge in [-0.05, 0) is 35.9 Å². The molecule has 0 aliphatic carbocycles. The van der Waals surface area contributed by atoms with Gasteiger partial charge in [0, 0.05) is 11.6 Å². The molecule has 1 heterocycles. The van der Waals surface area contributed by atoms with E-state index in [1.807, 2.05) is 0 Å². The van der Waals surface area contributed by atoms with Crippen molar-refractivity contribution in [2.75, 3.05) is 13.7 Å². The van der Waals surface area contributed by atoms with Crippen LogP contribution < -0.4 is 9.47 Å². The third kappa shape index (κ3) is 2.48. The topological polar surface area (TPSA) is 76.0 Å². The van der Waals surface area contributed by atoms with Gasteiger partial charge in [0.15, 0.2) is 17.3 Å². The Morgan fingerprint density at radius 3 is 2.77 bits per heavy atom. The van der Waals surface area contributed by atoms with Gasteiger partial charge in [0.2, 0.25) is 0 Å². The number of phenolic OH excluding ortho intramolecular Hbond substituents is 2. The summed E-state index contributed by atoms with van der Waals surface area (Å²) in [6.45, 7) is 0.123. The van der Waals surface area contributed by atoms with Crippen LogP contribution in [-0.4, -0.2) is 29.7 Å². The molecule has 3 rings (SSSR count). The summed E-state index contributed by atoms with van der Waals surface area (Å²) in [5, 5.41) is 19.0. The molecule has 5 heteroatoms. The number of methoxy groups -OCH3 is 1. The minimum atomic E-state index is -0.145. The van der Waals surface area contributed by atoms with Crippen LogP contribution in [0.4, 0.5) is 0 Å². The van der Waals surface area contributed by atoms with Gasteiger partial charge in [0.1, 0.15) is 18.1 Å². The molecule has 1 aliphatic heterocycles. The maximum Gasteiger partial charge on any atom is 0.196 e. The van der Waals surface area contributed by atoms with Crippen molar-refractivity contribution >= 4 is 11.9 Å². The predicted octanol–water partition coefficient (Wildman–Crippen LogP) is 2.77. The van der Waals surface area contributed by atoms with Crippen molar-refractivity contribution < 1.29 is 24.5 Å². The second-order valence-corrected chi connectivity index (χ2v) is 4.90. The quantitative estimate of drug-likeness (QED) is 0.834. The highest BCUT2D eigenvalue weighted by molar-refractivity contribution is 6.14. The molecule has 0 unspecified atom stereocenters. The Labute approximate surface area is 127 Å². The molecule has 2 aromatic carbocycles. The molecule has 2 N–H and O–H groups in total. The molecular formula is C17H14O5. The average Bonchev–Trinajstić information content (AvgIpc) is 2.51. The van der Waals surface area contributed by atoms with E-state index in [9.17, 15) is 15.0 Å². The zero-order valence-corrected chi connectivity index (χ0v) is 11.9. The van der Waals surface area contributed by atoms with Crippen LogP contribution >= 0.6 is 0 Å². The lowest BCUT2D eigenvalue weighted by atomic mass is 9.98. The summed E-state index contributed by atoms with van der Waals surface area (Å²) in [5.41, 5.74) is 1.64. The summed E-state index contributed by atoms with van der Waals surface area (Å²) in [6.07, 6.45) is 1.69. The Morgan fingerprint density at radius 1 is 1.18 bits per heavy atom. The molecule has 112 valence electrons. The van der Waals surface area contributed by atoms with Gasteiger partial charge >= 0.3 is 0 Å². The maximum absolute atomic E-state index is 12.4. The number of aromatic hydroxyl groups is 2. The van der Waals surface area contributed by atoms with Gasteiger partial charge in [-0.15, -0.1) is 0 Å². The number of hydrogen-bond acceptors (Lipinski definition) is 5. The number of carbonyl (C=O) groups excluding carboxylic acids is 1. The fourth-order valence-corrected chi connectivity index (χ4v) is 2.30. The van der Waals surface area contributed by atoms with Crippen molar-refractivity contribution in [1.29, 1.82) is 0 Å². The molecule has 0 spiro atoms. The van der Waals surface area contributed by atoms with Gasteiger partial charge in [-0.1, -0.05) is 6.07 Å². The summed E-state index contributed by atoms with van der Waals surface area (Å²) in [6, 6.07) is 9.25. The van der Waals surface area contributed by atoms with Crippen molar-refractivity contribution in [2.45, 2.75) is 0 Å². The molecule has 0 atom stereocenters. The molecule has 22 heavy (non-hydrogen) atoms. The number of ketones is 1. The van der Waals surface area contributed by atoms with Crippen LogP contribution in [0.2, 0.25) is 0 Å². The van der Waals surface area contributed by atoms with Crippen molar-refractivity contribution in [3.63, 3.8) is 0 Å². The molecule has 2 aromatic rings. The Balaban J connectivity index is 1.96. The SMILES string of the molecule is COc1cc(/C=C2\COc3cc(O)ccc3C2=O)ccc1O. The Kier molecular flexibility index (Phi) is 3.47. The Hall–Kier alpha value is -2.95. The van der Waals surface area contributed by atoms with Crippen LogP contribution in [0.15, 0.2) is 42.0 Å². The molecule has 0 amide bonds. The highest BCUT2D eigenvalue weighted by Gasteiger charge is 2.23. The number of fused-ring (bicyclic) bond motifs is 1. The third-order valence-electron chi connectivity index (χ3n) is 3.43. The standard InChI is InChI=1S/C17H14O5/c1-21-16-7-10(2-5-14(16)19)6-11-9-22-15-8-12(18)3-4-13(15)17(11)20/h2-8,18-19H,9H2,1H3/b11-6+. The van der Waals surface area contributed by atoms with Crippen LogP contribution in [0, 0.1) is 0 Å². The van der Waals surface area contributed by atoms with Crippen LogP contribution in [0.3, 0.4) is 0 Å². The van der Waals surface area contributed by atoms with E-state index in [0.717, 1.165) is 5.56 Å². The van der Waals surface area contributed by atoms with Crippen molar-refractivity contribution in [1.82, 2.24) is 0 Å². The van der Waals surface area contributed by atoms with Gasteiger partial charge in [-0.2, -0.15) is 0 Å². The number of Topliss-reactive ketones (excluding diaryl/α,β-unsaturated/α-hetero) is 1. The van der Waals surface area contributed by atoms with Gasteiger partial charge in [0.25, 0.3) is 0 Å². The fourth-order valence-electron chi connectivity index (χ4n) is 2.30. The molecule has 0 bridgehead atoms. The fraction of sp³-hybridized carbons (Fsp3) is 0.118. The van der Waals surface area contributed by atoms with E-state index in [4.69, 9.17) is 9.47 Å². The summed E-state index contributed by atoms with van der Waals surface area (Å²) in [5.74, 6) is 0.668. The first-order valence-electron chi connectivity index (χ1n) is 6.66. The molecular weight excluding hydrogens is 284 g/mol. The smallest absolute Gasteiger partial charge is 0.196 e. The number of benzene rings is 2. The van der Waals surface area contributed by atoms with Gasteiger partial charge in [0.05, 0.1) is 12.7 Å². The van der Waals surface area contributed by atoms with Crippen LogP contribution in [-0.2, 0) is 0 Å². The molecule has 0 fully saturated rings. The van der Waals surface area contributed by atoms with Gasteiger partial charge in [-0.3, -0.25) is 4.79 Å². The van der Waals surface area contributed by atoms with Crippen LogP contribution in [0.1, 0.15) is 15.9 Å². The lowest BCUT2D eigenvalue weighted by molar-refractivity contribution is 0.100. The van der Waals surface area contributed by atoms with Crippen molar-refractivity contribution in [3.8, 4) is 23.0 Å². The highest BCUT2D eigenvalue weighted by Crippen LogP contribution is 2.32. The second-order valence-electron chi connectivity index (χ2n) is 4.90. The zero-order valence-electron chi connectivity index (χ0n) is 11.9. The van der Waals surface area contributed by atoms with E-state index >= 15 is 0 Å². The van der Waals surface area contributed by atoms with E-state index in [1.54, 1.807) is 18.2 Å². The normalized spacial score (nSPS) is 15.3. The lowest BCUT2D eigenvalue weighted by Crippen LogP contribution is -2.18. The minimum Gasteiger partial charge on any atom is -0.508 e. The number of hydrogen-bond donors (Lipinski definition) is 2. The van der Waals surface area contributed by atoms with E-state index in [-0.39, 0.29) is 23.9 Å². The first-order valence-corrected chi connectivity index (χ1v) is 6.66. The first-order chi connectivity index (χ1) is 10.6. The Morgan fingerprint density at radius 2 is 2.00 bits per heavy atom. The largest absolute Gasteiger partial charge is 0.508 e. The van der Waals surface area contributed by atoms with Gasteiger partial charge in [-0.25, -0.2) is 0 Å². The molecule has 0 aromatic heterocycles. The number of ether oxygens (including phenoxy) is 2. The maximum atomic E-state index is 12.4. The molecule has 0 saturated heterocycles. The summed E-state index contributed by atoms with van der Waals surface area (Å²) in [7, 11) is 1.46. The van der Waals surface area contributed by atoms with E-state index in [1.165, 1.54) is 31.4 Å². The Bertz CT molecular complexity index is 777. The van der Waals surface area contributed by atoms with Crippen molar-refractivity contribution in [2.24, 2.45) is 0 Å². The number of carbonyl (C=O) groups is 1. The summed E-state index contributed by atoms with van der Waals surface area (Å²) in [4.78, 5) is 12.4. The van der Waals surface area contributed by atoms with Crippen molar-refractivity contribution in [3.05, 3.63) is 53.1 Å². The van der Waals surface area contributed by atoms with E-state index < -0.39 is 0 Å². The predicted molar refractivity (Wildman–Crippen MR) is 80.6 cm³/mol. The molecule has 0 saturated carbocycles. The third-order valence-corrected chi connectivity index (χ3v) is 3.43. The molecule has 0 radical (unpaired) electrons. The molecule has 5 nitrogen and oxygen atoms in total. The first kappa shape index (κ1) is 14.0. The lowest BCUT2D eigenvalue weighted by Gasteiger charge is -2.19. The zero-order chi connectivity index (χ0) is 15.7. The second kappa shape index (κ2) is 5.44. The van der Waals surface area contributed by atoms with E-state index in [2.05, 4.69) is 0 Å². The van der Waals surface area contributed by atoms with E-state index in [0.29, 0.717) is 22.6 Å². The van der Waals surface area contributed by atoms with Gasteiger partial charge < -0.3 is 19.7 Å². The van der Waals surface area contributed by atoms with Crippen LogP contribution in [0.5, 0.6) is 23.0 Å². The monoisotopic (exact) mass is 298 g/mol. The minimum absolute atomic E-state index is 0.0386. The molecule has 1 aliphatic rings. The summed E-state index contributed by atoms with van der Waals surface area (Å²) < 4.78 is 10.6. The highest BCUT2D eigenvalue weighted by atomic mass is 16.5. The number of phenols is 2.